The highest BCUT2D eigenvalue weighted by atomic mass is 32.2. The quantitative estimate of drug-likeness (QED) is 0.442. The van der Waals surface area contributed by atoms with Gasteiger partial charge in [-0.2, -0.15) is 0 Å². The molecule has 0 saturated heterocycles. The van der Waals surface area contributed by atoms with Crippen LogP contribution in [-0.4, -0.2) is 14.0 Å². The van der Waals surface area contributed by atoms with E-state index in [0.29, 0.717) is 0 Å². The molecule has 0 aliphatic heterocycles. The molecule has 0 amide bonds. The van der Waals surface area contributed by atoms with Crippen molar-refractivity contribution in [2.75, 3.05) is 0 Å². The van der Waals surface area contributed by atoms with Crippen LogP contribution in [0, 0.1) is 5.92 Å². The Morgan fingerprint density at radius 2 is 2.11 bits per heavy atom. The third kappa shape index (κ3) is 2.77. The summed E-state index contributed by atoms with van der Waals surface area (Å²) in [6, 6.07) is 0. The number of rotatable bonds is 3. The van der Waals surface area contributed by atoms with E-state index in [4.69, 9.17) is 0 Å². The van der Waals surface area contributed by atoms with Gasteiger partial charge < -0.3 is 4.55 Å². The Labute approximate surface area is 58.3 Å². The molecule has 0 bridgehead atoms. The third-order valence-electron chi connectivity index (χ3n) is 1.42. The summed E-state index contributed by atoms with van der Waals surface area (Å²) < 4.78 is 20.5. The van der Waals surface area contributed by atoms with Crippen LogP contribution < -0.4 is 0 Å². The Kier molecular flexibility index (Phi) is 3.73. The average Bonchev–Trinajstić information content (AvgIpc) is 1.84. The monoisotopic (exact) mass is 147 g/mol. The summed E-state index contributed by atoms with van der Waals surface area (Å²) >= 11 is -1.96. The molecule has 0 aromatic rings. The van der Waals surface area contributed by atoms with Crippen LogP contribution in [0.3, 0.4) is 0 Å². The Morgan fingerprint density at radius 3 is 2.22 bits per heavy atom. The lowest BCUT2D eigenvalue weighted by Gasteiger charge is -2.18. The maximum atomic E-state index is 10.3. The lowest BCUT2D eigenvalue weighted by atomic mass is 10.1. The van der Waals surface area contributed by atoms with Crippen molar-refractivity contribution in [3.8, 4) is 0 Å². The molecule has 3 atom stereocenters. The van der Waals surface area contributed by atoms with Gasteiger partial charge in [-0.1, -0.05) is 31.0 Å². The fourth-order valence-electron chi connectivity index (χ4n) is 0.367. The molecule has 9 heavy (non-hydrogen) atoms. The molecule has 0 aromatic heterocycles. The second kappa shape index (κ2) is 3.80. The fourth-order valence-corrected chi connectivity index (χ4v) is 0.829. The van der Waals surface area contributed by atoms with Crippen molar-refractivity contribution < 1.29 is 8.76 Å². The van der Waals surface area contributed by atoms with Gasteiger partial charge in [0.05, 0.1) is 0 Å². The van der Waals surface area contributed by atoms with Gasteiger partial charge in [-0.05, 0) is 5.92 Å². The van der Waals surface area contributed by atoms with Crippen LogP contribution in [0.2, 0.25) is 0 Å². The van der Waals surface area contributed by atoms with Crippen molar-refractivity contribution in [1.82, 2.24) is 0 Å². The summed E-state index contributed by atoms with van der Waals surface area (Å²) in [5.74, 6) is 0.0448. The Hall–Kier alpha value is -0.150. The van der Waals surface area contributed by atoms with Crippen LogP contribution in [0.15, 0.2) is 12.7 Å². The molecular weight excluding hydrogens is 136 g/mol. The molecule has 3 heteroatoms. The first-order valence-electron chi connectivity index (χ1n) is 2.80. The van der Waals surface area contributed by atoms with E-state index < -0.39 is 11.1 Å². The van der Waals surface area contributed by atoms with Gasteiger partial charge in [0.25, 0.3) is 0 Å². The zero-order chi connectivity index (χ0) is 7.44. The van der Waals surface area contributed by atoms with Gasteiger partial charge in [0.15, 0.2) is 0 Å². The van der Waals surface area contributed by atoms with Gasteiger partial charge in [-0.3, -0.25) is 4.21 Å². The number of allylic oxidation sites excluding steroid dienone is 1. The van der Waals surface area contributed by atoms with Crippen molar-refractivity contribution in [1.29, 1.82) is 0 Å². The molecule has 0 fully saturated rings. The second-order valence-corrected chi connectivity index (χ2v) is 3.32. The Balaban J connectivity index is 3.86. The van der Waals surface area contributed by atoms with E-state index in [1.54, 1.807) is 13.0 Å². The van der Waals surface area contributed by atoms with Crippen molar-refractivity contribution in [3.05, 3.63) is 12.7 Å². The van der Waals surface area contributed by atoms with Gasteiger partial charge in [0, 0.05) is 5.25 Å². The lowest BCUT2D eigenvalue weighted by Crippen LogP contribution is -2.17. The minimum Gasteiger partial charge on any atom is -0.772 e. The topological polar surface area (TPSA) is 40.1 Å². The van der Waals surface area contributed by atoms with Crippen LogP contribution >= 0.6 is 0 Å². The van der Waals surface area contributed by atoms with E-state index in [-0.39, 0.29) is 11.2 Å². The first-order valence-corrected chi connectivity index (χ1v) is 3.94. The zero-order valence-electron chi connectivity index (χ0n) is 5.66. The van der Waals surface area contributed by atoms with E-state index in [2.05, 4.69) is 6.58 Å². The van der Waals surface area contributed by atoms with Gasteiger partial charge in [-0.15, -0.1) is 6.58 Å². The molecule has 2 nitrogen and oxygen atoms in total. The highest BCUT2D eigenvalue weighted by Crippen LogP contribution is 2.07. The van der Waals surface area contributed by atoms with Gasteiger partial charge in [0.2, 0.25) is 0 Å². The first-order chi connectivity index (χ1) is 4.09. The van der Waals surface area contributed by atoms with E-state index >= 15 is 0 Å². The number of hydrogen-bond acceptors (Lipinski definition) is 2. The lowest BCUT2D eigenvalue weighted by molar-refractivity contribution is 0.510. The van der Waals surface area contributed by atoms with E-state index in [0.717, 1.165) is 0 Å². The van der Waals surface area contributed by atoms with Crippen LogP contribution in [0.25, 0.3) is 0 Å². The largest absolute Gasteiger partial charge is 0.772 e. The predicted molar refractivity (Wildman–Crippen MR) is 37.7 cm³/mol. The molecular formula is C6H11O2S-. The van der Waals surface area contributed by atoms with E-state index in [9.17, 15) is 8.76 Å². The molecule has 0 N–H and O–H groups in total. The summed E-state index contributed by atoms with van der Waals surface area (Å²) in [6.07, 6.45) is 1.64. The fraction of sp³-hybridized carbons (Fsp3) is 0.667. The van der Waals surface area contributed by atoms with Crippen molar-refractivity contribution in [2.45, 2.75) is 19.1 Å². The van der Waals surface area contributed by atoms with E-state index in [1.165, 1.54) is 0 Å². The van der Waals surface area contributed by atoms with Crippen molar-refractivity contribution in [2.24, 2.45) is 5.92 Å². The van der Waals surface area contributed by atoms with Gasteiger partial charge in [-0.25, -0.2) is 0 Å². The zero-order valence-corrected chi connectivity index (χ0v) is 6.48. The normalized spacial score (nSPS) is 20.3. The standard InChI is InChI=1S/C6H12O2S/c1-4-5(2)6(3)9(7)8/h4-6H,1H2,2-3H3,(H,7,8)/p-1. The van der Waals surface area contributed by atoms with Gasteiger partial charge >= 0.3 is 0 Å². The van der Waals surface area contributed by atoms with Crippen LogP contribution in [0.5, 0.6) is 0 Å². The van der Waals surface area contributed by atoms with Crippen molar-refractivity contribution in [3.63, 3.8) is 0 Å². The summed E-state index contributed by atoms with van der Waals surface area (Å²) in [6.45, 7) is 6.98. The number of hydrogen-bond donors (Lipinski definition) is 0. The van der Waals surface area contributed by atoms with Gasteiger partial charge in [0.1, 0.15) is 0 Å². The Bertz CT molecular complexity index is 122. The third-order valence-corrected chi connectivity index (χ3v) is 2.45. The second-order valence-electron chi connectivity index (χ2n) is 2.06. The molecule has 0 heterocycles. The first kappa shape index (κ1) is 8.85. The average molecular weight is 147 g/mol. The molecule has 0 aliphatic rings. The van der Waals surface area contributed by atoms with Crippen LogP contribution in [-0.2, 0) is 11.1 Å². The maximum Gasteiger partial charge on any atom is 0.0247 e. The SMILES string of the molecule is C=CC(C)C(C)S(=O)[O-]. The highest BCUT2D eigenvalue weighted by molar-refractivity contribution is 7.79. The van der Waals surface area contributed by atoms with Crippen LogP contribution in [0.4, 0.5) is 0 Å². The molecule has 0 aromatic carbocycles. The maximum absolute atomic E-state index is 10.3. The predicted octanol–water partition coefficient (Wildman–Crippen LogP) is 1.08. The smallest absolute Gasteiger partial charge is 0.0247 e. The molecule has 0 saturated carbocycles. The molecule has 3 unspecified atom stereocenters. The minimum absolute atomic E-state index is 0.0448. The molecule has 0 rings (SSSR count). The minimum atomic E-state index is -1.96. The molecule has 0 radical (unpaired) electrons. The Morgan fingerprint density at radius 1 is 1.67 bits per heavy atom. The summed E-state index contributed by atoms with van der Waals surface area (Å²) in [4.78, 5) is 0. The molecule has 54 valence electrons. The van der Waals surface area contributed by atoms with E-state index in [1.807, 2.05) is 6.92 Å². The summed E-state index contributed by atoms with van der Waals surface area (Å²) in [5, 5.41) is -0.317. The van der Waals surface area contributed by atoms with Crippen LogP contribution in [0.1, 0.15) is 13.8 Å². The molecule has 0 spiro atoms. The summed E-state index contributed by atoms with van der Waals surface area (Å²) in [5.41, 5.74) is 0. The van der Waals surface area contributed by atoms with Crippen molar-refractivity contribution >= 4 is 11.1 Å². The summed E-state index contributed by atoms with van der Waals surface area (Å²) in [7, 11) is 0. The highest BCUT2D eigenvalue weighted by Gasteiger charge is 2.07. The molecule has 0 aliphatic carbocycles.